The first-order chi connectivity index (χ1) is 14.7. The predicted octanol–water partition coefficient (Wildman–Crippen LogP) is 2.79. The van der Waals surface area contributed by atoms with Crippen LogP contribution in [0.25, 0.3) is 0 Å². The number of benzene rings is 2. The Labute approximate surface area is 175 Å². The number of nitrogens with one attached hydrogen (secondary N) is 1. The molecule has 1 atom stereocenters. The van der Waals surface area contributed by atoms with Crippen LogP contribution in [0.3, 0.4) is 0 Å². The maximum Gasteiger partial charge on any atom is 0.417 e. The van der Waals surface area contributed by atoms with Crippen molar-refractivity contribution in [2.45, 2.75) is 12.2 Å². The minimum absolute atomic E-state index is 0.0365. The number of rotatable bonds is 3. The van der Waals surface area contributed by atoms with Gasteiger partial charge < -0.3 is 15.1 Å². The van der Waals surface area contributed by atoms with Crippen molar-refractivity contribution in [1.29, 1.82) is 5.26 Å². The summed E-state index contributed by atoms with van der Waals surface area (Å²) in [6.45, 7) is 0.121. The van der Waals surface area contributed by atoms with E-state index in [1.54, 1.807) is 4.90 Å². The van der Waals surface area contributed by atoms with Crippen LogP contribution in [0, 0.1) is 17.1 Å². The van der Waals surface area contributed by atoms with Gasteiger partial charge in [-0.1, -0.05) is 6.07 Å². The Morgan fingerprint density at radius 1 is 1.16 bits per heavy atom. The van der Waals surface area contributed by atoms with E-state index in [4.69, 9.17) is 5.26 Å². The summed E-state index contributed by atoms with van der Waals surface area (Å²) in [7, 11) is 1.38. The quantitative estimate of drug-likeness (QED) is 0.754. The maximum absolute atomic E-state index is 13.5. The second kappa shape index (κ2) is 8.63. The van der Waals surface area contributed by atoms with E-state index in [0.29, 0.717) is 0 Å². The van der Waals surface area contributed by atoms with Gasteiger partial charge in [-0.3, -0.25) is 9.59 Å². The number of amides is 2. The second-order valence-corrected chi connectivity index (χ2v) is 6.92. The lowest BCUT2D eigenvalue weighted by atomic mass is 10.0. The van der Waals surface area contributed by atoms with Crippen molar-refractivity contribution in [3.63, 3.8) is 0 Å². The Hall–Kier alpha value is -3.61. The molecule has 1 aliphatic heterocycles. The largest absolute Gasteiger partial charge is 0.417 e. The minimum Gasteiger partial charge on any atom is -0.367 e. The van der Waals surface area contributed by atoms with E-state index in [1.807, 2.05) is 0 Å². The summed E-state index contributed by atoms with van der Waals surface area (Å²) in [5.74, 6) is -1.65. The van der Waals surface area contributed by atoms with Gasteiger partial charge in [-0.2, -0.15) is 18.4 Å². The van der Waals surface area contributed by atoms with Crippen molar-refractivity contribution in [2.24, 2.45) is 0 Å². The molecule has 1 unspecified atom stereocenters. The van der Waals surface area contributed by atoms with E-state index in [2.05, 4.69) is 5.32 Å². The third-order valence-electron chi connectivity index (χ3n) is 5.06. The van der Waals surface area contributed by atoms with E-state index in [-0.39, 0.29) is 30.9 Å². The highest BCUT2D eigenvalue weighted by Gasteiger charge is 2.37. The molecule has 3 rings (SSSR count). The molecule has 0 aromatic heterocycles. The Bertz CT molecular complexity index is 1050. The second-order valence-electron chi connectivity index (χ2n) is 6.92. The molecule has 2 aromatic rings. The molecule has 10 heteroatoms. The minimum atomic E-state index is -4.71. The lowest BCUT2D eigenvalue weighted by Crippen LogP contribution is -2.60. The van der Waals surface area contributed by atoms with Gasteiger partial charge in [0.15, 0.2) is 0 Å². The molecule has 1 N–H and O–H groups in total. The van der Waals surface area contributed by atoms with Crippen LogP contribution in [0.2, 0.25) is 0 Å². The van der Waals surface area contributed by atoms with Gasteiger partial charge in [-0.15, -0.1) is 0 Å². The van der Waals surface area contributed by atoms with E-state index < -0.39 is 41.0 Å². The summed E-state index contributed by atoms with van der Waals surface area (Å²) in [4.78, 5) is 28.1. The average Bonchev–Trinajstić information content (AvgIpc) is 2.76. The fourth-order valence-electron chi connectivity index (χ4n) is 3.50. The summed E-state index contributed by atoms with van der Waals surface area (Å²) in [6, 6.07) is 8.90. The van der Waals surface area contributed by atoms with Crippen LogP contribution in [-0.4, -0.2) is 49.4 Å². The van der Waals surface area contributed by atoms with Crippen LogP contribution in [-0.2, 0) is 11.0 Å². The summed E-state index contributed by atoms with van der Waals surface area (Å²) in [5.41, 5.74) is -1.32. The molecule has 2 amide bonds. The van der Waals surface area contributed by atoms with Crippen molar-refractivity contribution < 1.29 is 27.2 Å². The van der Waals surface area contributed by atoms with Gasteiger partial charge in [-0.05, 0) is 36.4 Å². The van der Waals surface area contributed by atoms with E-state index in [1.165, 1.54) is 42.3 Å². The van der Waals surface area contributed by atoms with E-state index >= 15 is 0 Å². The molecular formula is C21H18F4N4O2. The van der Waals surface area contributed by atoms with Crippen LogP contribution in [0.5, 0.6) is 0 Å². The molecular weight excluding hydrogens is 416 g/mol. The molecule has 1 saturated heterocycles. The average molecular weight is 434 g/mol. The summed E-state index contributed by atoms with van der Waals surface area (Å²) in [6.07, 6.45) is -4.71. The van der Waals surface area contributed by atoms with Gasteiger partial charge in [0.1, 0.15) is 11.9 Å². The van der Waals surface area contributed by atoms with Crippen molar-refractivity contribution >= 4 is 17.5 Å². The standard InChI is InChI=1S/C21H18F4N4O2/c1-27-19(30)18-12-28(16-6-5-14(11-26)17(10-16)21(23,24)25)7-8-29(18)20(31)13-3-2-4-15(22)9-13/h2-6,9-10,18H,7-8,12H2,1H3,(H,27,30). The molecule has 6 nitrogen and oxygen atoms in total. The SMILES string of the molecule is CNC(=O)C1CN(c2ccc(C#N)c(C(F)(F)F)c2)CCN1C(=O)c1cccc(F)c1. The topological polar surface area (TPSA) is 76.4 Å². The molecule has 0 aliphatic carbocycles. The lowest BCUT2D eigenvalue weighted by molar-refractivity contribution is -0.137. The van der Waals surface area contributed by atoms with Gasteiger partial charge >= 0.3 is 6.18 Å². The lowest BCUT2D eigenvalue weighted by Gasteiger charge is -2.41. The van der Waals surface area contributed by atoms with Crippen molar-refractivity contribution in [3.05, 3.63) is 65.0 Å². The van der Waals surface area contributed by atoms with E-state index in [9.17, 15) is 27.2 Å². The third kappa shape index (κ3) is 4.60. The van der Waals surface area contributed by atoms with Crippen LogP contribution in [0.15, 0.2) is 42.5 Å². The zero-order valence-electron chi connectivity index (χ0n) is 16.4. The molecule has 2 aromatic carbocycles. The first kappa shape index (κ1) is 22.1. The fourth-order valence-corrected chi connectivity index (χ4v) is 3.50. The molecule has 1 fully saturated rings. The number of piperazine rings is 1. The summed E-state index contributed by atoms with van der Waals surface area (Å²) < 4.78 is 53.5. The number of nitrogens with zero attached hydrogens (tertiary/aromatic N) is 3. The van der Waals surface area contributed by atoms with Crippen molar-refractivity contribution in [3.8, 4) is 6.07 Å². The number of anilines is 1. The molecule has 0 spiro atoms. The molecule has 0 saturated carbocycles. The third-order valence-corrected chi connectivity index (χ3v) is 5.06. The molecule has 1 heterocycles. The van der Waals surface area contributed by atoms with Crippen LogP contribution in [0.4, 0.5) is 23.2 Å². The number of likely N-dealkylation sites (N-methyl/N-ethyl adjacent to an activating group) is 1. The molecule has 0 bridgehead atoms. The Morgan fingerprint density at radius 2 is 1.90 bits per heavy atom. The van der Waals surface area contributed by atoms with Gasteiger partial charge in [0.25, 0.3) is 5.91 Å². The first-order valence-corrected chi connectivity index (χ1v) is 9.30. The molecule has 162 valence electrons. The zero-order chi connectivity index (χ0) is 22.8. The number of carbonyl (C=O) groups is 2. The monoisotopic (exact) mass is 434 g/mol. The van der Waals surface area contributed by atoms with Gasteiger partial charge in [0.2, 0.25) is 5.91 Å². The van der Waals surface area contributed by atoms with Gasteiger partial charge in [0, 0.05) is 37.9 Å². The molecule has 31 heavy (non-hydrogen) atoms. The first-order valence-electron chi connectivity index (χ1n) is 9.30. The number of carbonyl (C=O) groups excluding carboxylic acids is 2. The number of hydrogen-bond donors (Lipinski definition) is 1. The number of alkyl halides is 3. The van der Waals surface area contributed by atoms with Gasteiger partial charge in [-0.25, -0.2) is 4.39 Å². The Morgan fingerprint density at radius 3 is 2.52 bits per heavy atom. The smallest absolute Gasteiger partial charge is 0.367 e. The maximum atomic E-state index is 13.5. The van der Waals surface area contributed by atoms with Crippen molar-refractivity contribution in [1.82, 2.24) is 10.2 Å². The molecule has 1 aliphatic rings. The van der Waals surface area contributed by atoms with Crippen molar-refractivity contribution in [2.75, 3.05) is 31.6 Å². The predicted molar refractivity (Wildman–Crippen MR) is 104 cm³/mol. The highest BCUT2D eigenvalue weighted by molar-refractivity contribution is 5.98. The summed E-state index contributed by atoms with van der Waals surface area (Å²) >= 11 is 0. The van der Waals surface area contributed by atoms with Crippen LogP contribution < -0.4 is 10.2 Å². The van der Waals surface area contributed by atoms with E-state index in [0.717, 1.165) is 18.2 Å². The highest BCUT2D eigenvalue weighted by atomic mass is 19.4. The Balaban J connectivity index is 1.91. The highest BCUT2D eigenvalue weighted by Crippen LogP contribution is 2.35. The summed E-state index contributed by atoms with van der Waals surface area (Å²) in [5, 5.41) is 11.4. The molecule has 0 radical (unpaired) electrons. The normalized spacial score (nSPS) is 16.6. The number of halogens is 4. The number of hydrogen-bond acceptors (Lipinski definition) is 4. The van der Waals surface area contributed by atoms with Gasteiger partial charge in [0.05, 0.1) is 17.2 Å². The van der Waals surface area contributed by atoms with Crippen LogP contribution in [0.1, 0.15) is 21.5 Å². The fraction of sp³-hybridized carbons (Fsp3) is 0.286. The van der Waals surface area contributed by atoms with Crippen LogP contribution >= 0.6 is 0 Å². The zero-order valence-corrected chi connectivity index (χ0v) is 16.4. The number of nitriles is 1. The Kier molecular flexibility index (Phi) is 6.15.